The van der Waals surface area contributed by atoms with Gasteiger partial charge in [0.2, 0.25) is 16.4 Å². The molecule has 118 valence electrons. The zero-order chi connectivity index (χ0) is 16.7. The lowest BCUT2D eigenvalue weighted by Crippen LogP contribution is -2.00. The second kappa shape index (κ2) is 8.10. The summed E-state index contributed by atoms with van der Waals surface area (Å²) < 4.78 is 0. The number of nitrogens with two attached hydrogens (primary N) is 1. The lowest BCUT2D eigenvalue weighted by atomic mass is 10.5. The number of hydrogen-bond donors (Lipinski definition) is 3. The van der Waals surface area contributed by atoms with Gasteiger partial charge in [-0.15, -0.1) is 0 Å². The third kappa shape index (κ3) is 4.82. The zero-order valence-corrected chi connectivity index (χ0v) is 13.1. The Morgan fingerprint density at radius 3 is 2.05 bits per heavy atom. The minimum atomic E-state index is -0.581. The van der Waals surface area contributed by atoms with Crippen LogP contribution in [0.3, 0.4) is 0 Å². The maximum absolute atomic E-state index is 10.3. The summed E-state index contributed by atoms with van der Waals surface area (Å²) in [5.41, 5.74) is 5.75. The first-order valence-corrected chi connectivity index (χ1v) is 6.45. The van der Waals surface area contributed by atoms with Crippen LogP contribution in [0.2, 0.25) is 10.6 Å². The number of nitrogens with zero attached hydrogens (tertiary/aromatic N) is 5. The van der Waals surface area contributed by atoms with Crippen LogP contribution < -0.4 is 16.4 Å². The van der Waals surface area contributed by atoms with Crippen LogP contribution in [0.4, 0.5) is 23.0 Å². The minimum absolute atomic E-state index is 0.0232. The number of aromatic nitrogens is 4. The largest absolute Gasteiger partial charge is 0.394 e. The van der Waals surface area contributed by atoms with Crippen molar-refractivity contribution in [3.8, 4) is 0 Å². The highest BCUT2D eigenvalue weighted by Gasteiger charge is 2.14. The fraction of sp³-hybridized carbons (Fsp3) is 0.200. The Hall–Kier alpha value is -2.46. The van der Waals surface area contributed by atoms with E-state index >= 15 is 0 Å². The average Bonchev–Trinajstić information content (AvgIpc) is 2.49. The first-order chi connectivity index (χ1) is 10.4. The lowest BCUT2D eigenvalue weighted by molar-refractivity contribution is -0.384. The van der Waals surface area contributed by atoms with Crippen LogP contribution >= 0.6 is 23.2 Å². The third-order valence-corrected chi connectivity index (χ3v) is 2.56. The first-order valence-electron chi connectivity index (χ1n) is 5.69. The predicted molar refractivity (Wildman–Crippen MR) is 84.2 cm³/mol. The van der Waals surface area contributed by atoms with E-state index in [9.17, 15) is 10.1 Å². The number of hydrogen-bond acceptors (Lipinski definition) is 9. The van der Waals surface area contributed by atoms with Crippen LogP contribution in [0.5, 0.6) is 0 Å². The van der Waals surface area contributed by atoms with E-state index in [0.29, 0.717) is 11.5 Å². The normalized spacial score (nSPS) is 9.45. The third-order valence-electron chi connectivity index (χ3n) is 2.20. The van der Waals surface area contributed by atoms with Gasteiger partial charge in [-0.25, -0.2) is 9.97 Å². The van der Waals surface area contributed by atoms with Crippen LogP contribution in [0.1, 0.15) is 0 Å². The smallest absolute Gasteiger partial charge is 0.329 e. The van der Waals surface area contributed by atoms with Gasteiger partial charge in [-0.3, -0.25) is 10.1 Å². The Bertz CT molecular complexity index is 669. The molecule has 0 aliphatic heterocycles. The van der Waals surface area contributed by atoms with E-state index in [1.54, 1.807) is 7.05 Å². The number of rotatable bonds is 3. The molecule has 0 aliphatic carbocycles. The van der Waals surface area contributed by atoms with Gasteiger partial charge in [-0.1, -0.05) is 0 Å². The standard InChI is InChI=1S/C5H5ClN4O2.C5H7ClN4/c1-7-4-3(10(11)12)2-8-5(6)9-4;1-8-4-3(7)2-9-5(6)10-4/h2H,1H3,(H,7,8,9);2H,7H2,1H3,(H,8,9,10). The van der Waals surface area contributed by atoms with Crippen molar-refractivity contribution in [2.75, 3.05) is 30.5 Å². The molecule has 0 aromatic carbocycles. The molecular weight excluding hydrogens is 335 g/mol. The van der Waals surface area contributed by atoms with Gasteiger partial charge in [-0.05, 0) is 23.2 Å². The van der Waals surface area contributed by atoms with Crippen molar-refractivity contribution in [1.82, 2.24) is 19.9 Å². The maximum Gasteiger partial charge on any atom is 0.329 e. The summed E-state index contributed by atoms with van der Waals surface area (Å²) in [7, 11) is 3.24. The van der Waals surface area contributed by atoms with E-state index < -0.39 is 4.92 Å². The zero-order valence-electron chi connectivity index (χ0n) is 11.5. The fourth-order valence-electron chi connectivity index (χ4n) is 1.24. The highest BCUT2D eigenvalue weighted by molar-refractivity contribution is 6.28. The molecule has 0 radical (unpaired) electrons. The highest BCUT2D eigenvalue weighted by Crippen LogP contribution is 2.20. The molecule has 22 heavy (non-hydrogen) atoms. The summed E-state index contributed by atoms with van der Waals surface area (Å²) in [5, 5.41) is 15.8. The Morgan fingerprint density at radius 2 is 1.59 bits per heavy atom. The predicted octanol–water partition coefficient (Wildman–Crippen LogP) is 1.83. The molecule has 4 N–H and O–H groups in total. The molecule has 12 heteroatoms. The second-order valence-corrected chi connectivity index (χ2v) is 4.25. The van der Waals surface area contributed by atoms with Crippen LogP contribution in [0.25, 0.3) is 0 Å². The van der Waals surface area contributed by atoms with Gasteiger partial charge in [0, 0.05) is 14.1 Å². The summed E-state index contributed by atoms with van der Waals surface area (Å²) in [5.74, 6) is 0.667. The molecule has 10 nitrogen and oxygen atoms in total. The Balaban J connectivity index is 0.000000224. The van der Waals surface area contributed by atoms with Gasteiger partial charge in [-0.2, -0.15) is 9.97 Å². The van der Waals surface area contributed by atoms with Crippen molar-refractivity contribution >= 4 is 46.2 Å². The molecule has 2 heterocycles. The van der Waals surface area contributed by atoms with Crippen LogP contribution in [0.15, 0.2) is 12.4 Å². The summed E-state index contributed by atoms with van der Waals surface area (Å²) >= 11 is 10.9. The summed E-state index contributed by atoms with van der Waals surface area (Å²) in [6.07, 6.45) is 2.52. The molecule has 0 atom stereocenters. The minimum Gasteiger partial charge on any atom is -0.394 e. The SMILES string of the molecule is CNc1nc(Cl)ncc1N.CNc1nc(Cl)ncc1[N+](=O)[O-]. The van der Waals surface area contributed by atoms with Gasteiger partial charge in [0.25, 0.3) is 0 Å². The summed E-state index contributed by atoms with van der Waals surface area (Å²) in [6, 6.07) is 0. The van der Waals surface area contributed by atoms with Gasteiger partial charge >= 0.3 is 5.69 Å². The molecule has 0 saturated heterocycles. The van der Waals surface area contributed by atoms with Crippen molar-refractivity contribution in [2.24, 2.45) is 0 Å². The van der Waals surface area contributed by atoms with Crippen LogP contribution in [0, 0.1) is 10.1 Å². The monoisotopic (exact) mass is 346 g/mol. The van der Waals surface area contributed by atoms with Gasteiger partial charge < -0.3 is 16.4 Å². The van der Waals surface area contributed by atoms with Crippen molar-refractivity contribution in [3.05, 3.63) is 33.1 Å². The van der Waals surface area contributed by atoms with E-state index in [-0.39, 0.29) is 22.1 Å². The van der Waals surface area contributed by atoms with Gasteiger partial charge in [0.15, 0.2) is 5.82 Å². The average molecular weight is 347 g/mol. The molecule has 0 aliphatic rings. The number of anilines is 3. The van der Waals surface area contributed by atoms with Crippen molar-refractivity contribution in [1.29, 1.82) is 0 Å². The van der Waals surface area contributed by atoms with Gasteiger partial charge in [0.1, 0.15) is 6.20 Å². The van der Waals surface area contributed by atoms with E-state index in [2.05, 4.69) is 30.6 Å². The van der Waals surface area contributed by atoms with Crippen molar-refractivity contribution in [3.63, 3.8) is 0 Å². The molecule has 0 amide bonds. The molecule has 2 aromatic heterocycles. The van der Waals surface area contributed by atoms with E-state index in [1.165, 1.54) is 13.2 Å². The number of nitrogens with one attached hydrogen (secondary N) is 2. The molecular formula is C10H12Cl2N8O2. The fourth-order valence-corrected chi connectivity index (χ4v) is 1.51. The Labute approximate surface area is 135 Å². The second-order valence-electron chi connectivity index (χ2n) is 3.57. The quantitative estimate of drug-likeness (QED) is 0.430. The van der Waals surface area contributed by atoms with E-state index in [4.69, 9.17) is 28.9 Å². The first kappa shape index (κ1) is 17.6. The Kier molecular flexibility index (Phi) is 6.47. The topological polar surface area (TPSA) is 145 Å². The molecule has 0 unspecified atom stereocenters. The highest BCUT2D eigenvalue weighted by atomic mass is 35.5. The van der Waals surface area contributed by atoms with Crippen molar-refractivity contribution in [2.45, 2.75) is 0 Å². The van der Waals surface area contributed by atoms with E-state index in [1.807, 2.05) is 0 Å². The molecule has 0 fully saturated rings. The summed E-state index contributed by atoms with van der Waals surface area (Å²) in [6.45, 7) is 0. The van der Waals surface area contributed by atoms with Crippen LogP contribution in [-0.2, 0) is 0 Å². The molecule has 0 bridgehead atoms. The molecule has 2 rings (SSSR count). The molecule has 0 spiro atoms. The molecule has 0 saturated carbocycles. The Morgan fingerprint density at radius 1 is 1.09 bits per heavy atom. The van der Waals surface area contributed by atoms with Crippen LogP contribution in [-0.4, -0.2) is 39.0 Å². The number of nitro groups is 1. The maximum atomic E-state index is 10.3. The van der Waals surface area contributed by atoms with E-state index in [0.717, 1.165) is 6.20 Å². The number of halogens is 2. The lowest BCUT2D eigenvalue weighted by Gasteiger charge is -2.00. The number of nitrogen functional groups attached to an aromatic ring is 1. The van der Waals surface area contributed by atoms with Gasteiger partial charge in [0.05, 0.1) is 16.8 Å². The molecule has 2 aromatic rings. The van der Waals surface area contributed by atoms with Crippen molar-refractivity contribution < 1.29 is 4.92 Å². The summed E-state index contributed by atoms with van der Waals surface area (Å²) in [4.78, 5) is 24.3.